The van der Waals surface area contributed by atoms with Gasteiger partial charge in [0.05, 0.1) is 19.1 Å². The summed E-state index contributed by atoms with van der Waals surface area (Å²) >= 11 is 0. The number of anilines is 1. The van der Waals surface area contributed by atoms with E-state index in [1.165, 1.54) is 6.42 Å². The third kappa shape index (κ3) is 4.86. The van der Waals surface area contributed by atoms with Crippen LogP contribution in [0.15, 0.2) is 72.9 Å². The average Bonchev–Trinajstić information content (AvgIpc) is 3.01. The smallest absolute Gasteiger partial charge is 0.254 e. The lowest BCUT2D eigenvalue weighted by Gasteiger charge is -2.48. The van der Waals surface area contributed by atoms with Gasteiger partial charge in [0, 0.05) is 44.0 Å². The molecule has 2 atom stereocenters. The number of aromatic nitrogens is 1. The van der Waals surface area contributed by atoms with E-state index in [0.29, 0.717) is 18.7 Å². The number of ether oxygens (including phenoxy) is 1. The zero-order valence-electron chi connectivity index (χ0n) is 22.5. The van der Waals surface area contributed by atoms with E-state index in [1.54, 1.807) is 7.11 Å². The summed E-state index contributed by atoms with van der Waals surface area (Å²) in [6.07, 6.45) is 7.18. The predicted octanol–water partition coefficient (Wildman–Crippen LogP) is 5.05. The lowest BCUT2D eigenvalue weighted by molar-refractivity contribution is -0.135. The molecular formula is C32H36N4O3. The highest BCUT2D eigenvalue weighted by molar-refractivity contribution is 6.01. The van der Waals surface area contributed by atoms with Crippen molar-refractivity contribution in [1.29, 1.82) is 0 Å². The van der Waals surface area contributed by atoms with Gasteiger partial charge in [-0.25, -0.2) is 4.98 Å². The molecule has 2 aromatic carbocycles. The number of piperazine rings is 1. The van der Waals surface area contributed by atoms with Crippen LogP contribution in [-0.2, 0) is 4.79 Å². The molecule has 202 valence electrons. The van der Waals surface area contributed by atoms with Crippen LogP contribution in [0, 0.1) is 0 Å². The van der Waals surface area contributed by atoms with Crippen molar-refractivity contribution in [2.24, 2.45) is 0 Å². The van der Waals surface area contributed by atoms with Crippen LogP contribution in [-0.4, -0.2) is 65.9 Å². The molecule has 7 heteroatoms. The van der Waals surface area contributed by atoms with Gasteiger partial charge in [0.25, 0.3) is 5.91 Å². The topological polar surface area (TPSA) is 66.0 Å². The minimum absolute atomic E-state index is 0.0438. The van der Waals surface area contributed by atoms with Crippen molar-refractivity contribution >= 4 is 17.6 Å². The van der Waals surface area contributed by atoms with Gasteiger partial charge in [-0.15, -0.1) is 0 Å². The molecule has 0 radical (unpaired) electrons. The molecule has 2 amide bonds. The molecule has 2 fully saturated rings. The van der Waals surface area contributed by atoms with Gasteiger partial charge in [0.15, 0.2) is 0 Å². The van der Waals surface area contributed by atoms with Crippen molar-refractivity contribution in [1.82, 2.24) is 14.8 Å². The summed E-state index contributed by atoms with van der Waals surface area (Å²) in [7, 11) is 1.65. The van der Waals surface area contributed by atoms with Crippen LogP contribution in [0.3, 0.4) is 0 Å². The second-order valence-electron chi connectivity index (χ2n) is 10.8. The number of rotatable bonds is 5. The highest BCUT2D eigenvalue weighted by Crippen LogP contribution is 2.46. The van der Waals surface area contributed by atoms with E-state index < -0.39 is 5.92 Å². The molecule has 3 aliphatic rings. The van der Waals surface area contributed by atoms with Crippen molar-refractivity contribution in [3.8, 4) is 5.75 Å². The largest absolute Gasteiger partial charge is 0.497 e. The molecule has 3 heterocycles. The molecule has 1 aliphatic carbocycles. The molecule has 6 rings (SSSR count). The van der Waals surface area contributed by atoms with Crippen LogP contribution in [0.4, 0.5) is 5.82 Å². The van der Waals surface area contributed by atoms with Crippen LogP contribution in [0.25, 0.3) is 0 Å². The quantitative estimate of drug-likeness (QED) is 0.467. The summed E-state index contributed by atoms with van der Waals surface area (Å²) in [6.45, 7) is 2.72. The van der Waals surface area contributed by atoms with E-state index in [9.17, 15) is 9.59 Å². The van der Waals surface area contributed by atoms with Gasteiger partial charge in [-0.2, -0.15) is 0 Å². The third-order valence-corrected chi connectivity index (χ3v) is 8.63. The number of hydrogen-bond acceptors (Lipinski definition) is 5. The number of pyridine rings is 1. The van der Waals surface area contributed by atoms with Crippen molar-refractivity contribution in [2.45, 2.75) is 50.1 Å². The number of carbonyl (C=O) groups is 2. The number of benzene rings is 2. The van der Waals surface area contributed by atoms with Gasteiger partial charge in [-0.05, 0) is 54.3 Å². The van der Waals surface area contributed by atoms with Crippen molar-refractivity contribution < 1.29 is 14.3 Å². The highest BCUT2D eigenvalue weighted by Gasteiger charge is 2.48. The lowest BCUT2D eigenvalue weighted by atomic mass is 9.77. The first-order valence-corrected chi connectivity index (χ1v) is 14.2. The number of methoxy groups -OCH3 is 1. The number of carbonyl (C=O) groups excluding carboxylic acids is 2. The third-order valence-electron chi connectivity index (χ3n) is 8.63. The molecule has 3 aromatic rings. The minimum Gasteiger partial charge on any atom is -0.497 e. The van der Waals surface area contributed by atoms with Crippen LogP contribution < -0.4 is 9.64 Å². The van der Waals surface area contributed by atoms with Crippen molar-refractivity contribution in [3.63, 3.8) is 0 Å². The SMILES string of the molecule is COc1ccc([C@H]2[C@@H](C(=O)N3CCN(c4ccccn4)CC3)c3ccccc3C(=O)N2C2CCCCC2)cc1. The molecule has 7 nitrogen and oxygen atoms in total. The molecule has 39 heavy (non-hydrogen) atoms. The molecule has 0 spiro atoms. The highest BCUT2D eigenvalue weighted by atomic mass is 16.5. The molecule has 0 bridgehead atoms. The Morgan fingerprint density at radius 1 is 0.872 bits per heavy atom. The zero-order valence-corrected chi connectivity index (χ0v) is 22.5. The fourth-order valence-corrected chi connectivity index (χ4v) is 6.63. The van der Waals surface area contributed by atoms with E-state index in [2.05, 4.69) is 14.8 Å². The Morgan fingerprint density at radius 2 is 1.59 bits per heavy atom. The van der Waals surface area contributed by atoms with Gasteiger partial charge in [0.1, 0.15) is 11.6 Å². The molecule has 1 saturated carbocycles. The van der Waals surface area contributed by atoms with Crippen LogP contribution in [0.1, 0.15) is 65.5 Å². The molecule has 1 aromatic heterocycles. The summed E-state index contributed by atoms with van der Waals surface area (Å²) in [5.41, 5.74) is 2.49. The molecule has 0 unspecified atom stereocenters. The summed E-state index contributed by atoms with van der Waals surface area (Å²) < 4.78 is 5.43. The van der Waals surface area contributed by atoms with Crippen LogP contribution >= 0.6 is 0 Å². The van der Waals surface area contributed by atoms with Gasteiger partial charge in [-0.3, -0.25) is 9.59 Å². The Kier molecular flexibility index (Phi) is 7.22. The van der Waals surface area contributed by atoms with Crippen LogP contribution in [0.2, 0.25) is 0 Å². The van der Waals surface area contributed by atoms with E-state index in [-0.39, 0.29) is 23.9 Å². The predicted molar refractivity (Wildman–Crippen MR) is 151 cm³/mol. The summed E-state index contributed by atoms with van der Waals surface area (Å²) in [6, 6.07) is 21.4. The second-order valence-corrected chi connectivity index (χ2v) is 10.8. The Morgan fingerprint density at radius 3 is 2.28 bits per heavy atom. The number of fused-ring (bicyclic) bond motifs is 1. The van der Waals surface area contributed by atoms with Crippen molar-refractivity contribution in [3.05, 3.63) is 89.6 Å². The van der Waals surface area contributed by atoms with E-state index in [4.69, 9.17) is 4.74 Å². The van der Waals surface area contributed by atoms with Gasteiger partial charge >= 0.3 is 0 Å². The Labute approximate surface area is 230 Å². The first-order valence-electron chi connectivity index (χ1n) is 14.2. The Hall–Kier alpha value is -3.87. The number of nitrogens with zero attached hydrogens (tertiary/aromatic N) is 4. The summed E-state index contributed by atoms with van der Waals surface area (Å²) in [5.74, 6) is 1.38. The summed E-state index contributed by atoms with van der Waals surface area (Å²) in [4.78, 5) is 39.4. The minimum atomic E-state index is -0.462. The first kappa shape index (κ1) is 25.4. The fraction of sp³-hybridized carbons (Fsp3) is 0.406. The fourth-order valence-electron chi connectivity index (χ4n) is 6.63. The lowest BCUT2D eigenvalue weighted by Crippen LogP contribution is -2.55. The van der Waals surface area contributed by atoms with Crippen molar-refractivity contribution in [2.75, 3.05) is 38.2 Å². The standard InChI is InChI=1S/C32H36N4O3/c1-39-25-16-14-23(15-17-25)30-29(32(38)35-21-19-34(20-22-35)28-13-7-8-18-33-28)26-11-5-6-12-27(26)31(37)36(30)24-9-3-2-4-10-24/h5-8,11-18,24,29-30H,2-4,9-10,19-22H2,1H3/t29-,30-/m0/s1. The second kappa shape index (κ2) is 11.1. The molecule has 1 saturated heterocycles. The maximum Gasteiger partial charge on any atom is 0.254 e. The van der Waals surface area contributed by atoms with Gasteiger partial charge in [0.2, 0.25) is 5.91 Å². The molecule has 0 N–H and O–H groups in total. The Balaban J connectivity index is 1.38. The number of hydrogen-bond donors (Lipinski definition) is 0. The molecular weight excluding hydrogens is 488 g/mol. The monoisotopic (exact) mass is 524 g/mol. The van der Waals surface area contributed by atoms with Gasteiger partial charge < -0.3 is 19.4 Å². The maximum absolute atomic E-state index is 14.5. The van der Waals surface area contributed by atoms with Crippen LogP contribution in [0.5, 0.6) is 5.75 Å². The zero-order chi connectivity index (χ0) is 26.8. The molecule has 2 aliphatic heterocycles. The maximum atomic E-state index is 14.5. The van der Waals surface area contributed by atoms with E-state index in [0.717, 1.165) is 61.5 Å². The Bertz CT molecular complexity index is 1300. The van der Waals surface area contributed by atoms with E-state index >= 15 is 0 Å². The average molecular weight is 525 g/mol. The summed E-state index contributed by atoms with van der Waals surface area (Å²) in [5, 5.41) is 0. The number of amides is 2. The van der Waals surface area contributed by atoms with Gasteiger partial charge in [-0.1, -0.05) is 55.7 Å². The first-order chi connectivity index (χ1) is 19.2. The van der Waals surface area contributed by atoms with E-state index in [1.807, 2.05) is 77.8 Å². The normalized spacial score (nSPS) is 22.0.